The zero-order chi connectivity index (χ0) is 25.0. The average molecular weight is 483 g/mol. The van der Waals surface area contributed by atoms with E-state index in [1.54, 1.807) is 29.0 Å². The molecule has 0 spiro atoms. The highest BCUT2D eigenvalue weighted by Gasteiger charge is 2.40. The lowest BCUT2D eigenvalue weighted by atomic mass is 10.0. The Hall–Kier alpha value is -4.76. The number of amides is 1. The van der Waals surface area contributed by atoms with Crippen molar-refractivity contribution in [1.29, 1.82) is 0 Å². The molecule has 5 heterocycles. The number of hydrogen-bond acceptors (Lipinski definition) is 8. The summed E-state index contributed by atoms with van der Waals surface area (Å²) < 4.78 is 1.63. The number of carboxylic acid groups (broad SMARTS) is 1. The van der Waals surface area contributed by atoms with Crippen molar-refractivity contribution in [3.63, 3.8) is 0 Å². The first kappa shape index (κ1) is 21.8. The van der Waals surface area contributed by atoms with Gasteiger partial charge in [-0.15, -0.1) is 5.10 Å². The molecule has 0 radical (unpaired) electrons. The number of benzene rings is 1. The smallest absolute Gasteiger partial charge is 0.407 e. The van der Waals surface area contributed by atoms with Crippen LogP contribution in [0.2, 0.25) is 0 Å². The van der Waals surface area contributed by atoms with Crippen LogP contribution < -0.4 is 9.80 Å². The van der Waals surface area contributed by atoms with E-state index in [-0.39, 0.29) is 6.04 Å². The first-order valence-corrected chi connectivity index (χ1v) is 11.5. The SMILES string of the molecule is CN1C(=C=O)N([C@H]2CCN(C(=O)O)C2)c2c1cnc1ccc(-c3ccc(-c4cn(C)nn4)nc3)cc21. The highest BCUT2D eigenvalue weighted by Crippen LogP contribution is 2.46. The number of likely N-dealkylation sites (tertiary alicyclic amines) is 1. The van der Waals surface area contributed by atoms with Gasteiger partial charge in [-0.25, -0.2) is 9.59 Å². The lowest BCUT2D eigenvalue weighted by Gasteiger charge is -2.27. The van der Waals surface area contributed by atoms with E-state index < -0.39 is 6.09 Å². The summed E-state index contributed by atoms with van der Waals surface area (Å²) in [6.07, 6.45) is 5.01. The lowest BCUT2D eigenvalue weighted by molar-refractivity contribution is 0.155. The molecule has 1 saturated heterocycles. The Labute approximate surface area is 205 Å². The third-order valence-electron chi connectivity index (χ3n) is 6.82. The minimum Gasteiger partial charge on any atom is -0.465 e. The van der Waals surface area contributed by atoms with E-state index >= 15 is 0 Å². The highest BCUT2D eigenvalue weighted by molar-refractivity contribution is 6.05. The van der Waals surface area contributed by atoms with Gasteiger partial charge in [0.15, 0.2) is 5.94 Å². The van der Waals surface area contributed by atoms with Gasteiger partial charge in [0.1, 0.15) is 5.69 Å². The fraction of sp³-hybridized carbons (Fsp3) is 0.240. The summed E-state index contributed by atoms with van der Waals surface area (Å²) in [7, 11) is 3.61. The summed E-state index contributed by atoms with van der Waals surface area (Å²) in [6, 6.07) is 9.69. The second-order valence-electron chi connectivity index (χ2n) is 8.96. The molecule has 0 unspecified atom stereocenters. The molecule has 1 atom stereocenters. The number of anilines is 2. The molecule has 1 aromatic carbocycles. The van der Waals surface area contributed by atoms with Crippen LogP contribution in [0.5, 0.6) is 0 Å². The molecule has 11 heteroatoms. The highest BCUT2D eigenvalue weighted by atomic mass is 16.4. The first-order chi connectivity index (χ1) is 17.4. The van der Waals surface area contributed by atoms with Crippen molar-refractivity contribution in [3.8, 4) is 22.5 Å². The van der Waals surface area contributed by atoms with E-state index in [9.17, 15) is 14.7 Å². The Bertz CT molecular complexity index is 1560. The zero-order valence-corrected chi connectivity index (χ0v) is 19.7. The van der Waals surface area contributed by atoms with Crippen molar-refractivity contribution in [2.75, 3.05) is 29.9 Å². The van der Waals surface area contributed by atoms with Crippen molar-refractivity contribution < 1.29 is 14.7 Å². The van der Waals surface area contributed by atoms with Crippen molar-refractivity contribution >= 4 is 34.3 Å². The molecule has 2 aliphatic heterocycles. The van der Waals surface area contributed by atoms with Crippen LogP contribution in [-0.2, 0) is 11.8 Å². The molecule has 4 aromatic rings. The van der Waals surface area contributed by atoms with Gasteiger partial charge in [-0.3, -0.25) is 14.6 Å². The van der Waals surface area contributed by atoms with Gasteiger partial charge < -0.3 is 19.8 Å². The van der Waals surface area contributed by atoms with Crippen LogP contribution in [-0.4, -0.2) is 73.2 Å². The van der Waals surface area contributed by atoms with E-state index in [0.29, 0.717) is 31.0 Å². The predicted octanol–water partition coefficient (Wildman–Crippen LogP) is 2.77. The van der Waals surface area contributed by atoms with Gasteiger partial charge in [0.2, 0.25) is 5.82 Å². The third kappa shape index (κ3) is 3.37. The standard InChI is InChI=1S/C25H22N8O3/c1-30-13-21(28-29-30)20-6-4-16(10-26-20)15-3-5-19-18(9-15)24-22(11-27-19)31(2)23(14-34)33(24)17-7-8-32(12-17)25(35)36/h3-6,9-11,13,17H,7-8,12H2,1-2H3,(H,35,36)/t17-/m0/s1. The van der Waals surface area contributed by atoms with Crippen LogP contribution in [0.15, 0.2) is 54.7 Å². The molecule has 0 saturated carbocycles. The normalized spacial score (nSPS) is 17.1. The molecule has 0 aliphatic carbocycles. The largest absolute Gasteiger partial charge is 0.465 e. The zero-order valence-electron chi connectivity index (χ0n) is 19.7. The molecule has 180 valence electrons. The summed E-state index contributed by atoms with van der Waals surface area (Å²) >= 11 is 0. The maximum atomic E-state index is 12.0. The molecular formula is C25H22N8O3. The van der Waals surface area contributed by atoms with Crippen molar-refractivity contribution in [3.05, 3.63) is 54.7 Å². The van der Waals surface area contributed by atoms with Gasteiger partial charge in [-0.2, -0.15) is 0 Å². The second kappa shape index (κ2) is 8.17. The summed E-state index contributed by atoms with van der Waals surface area (Å²) in [6.45, 7) is 0.727. The van der Waals surface area contributed by atoms with E-state index in [1.807, 2.05) is 48.5 Å². The third-order valence-corrected chi connectivity index (χ3v) is 6.82. The maximum absolute atomic E-state index is 12.0. The molecule has 1 N–H and O–H groups in total. The number of nitrogens with zero attached hydrogens (tertiary/aromatic N) is 8. The summed E-state index contributed by atoms with van der Waals surface area (Å²) in [4.78, 5) is 37.8. The topological polar surface area (TPSA) is 121 Å². The number of aryl methyl sites for hydroxylation is 1. The molecule has 36 heavy (non-hydrogen) atoms. The van der Waals surface area contributed by atoms with Gasteiger partial charge in [0.25, 0.3) is 0 Å². The molecule has 11 nitrogen and oxygen atoms in total. The van der Waals surface area contributed by atoms with E-state index in [2.05, 4.69) is 26.2 Å². The molecular weight excluding hydrogens is 460 g/mol. The predicted molar refractivity (Wildman–Crippen MR) is 133 cm³/mol. The van der Waals surface area contributed by atoms with E-state index in [0.717, 1.165) is 39.1 Å². The van der Waals surface area contributed by atoms with Gasteiger partial charge in [-0.05, 0) is 30.2 Å². The second-order valence-corrected chi connectivity index (χ2v) is 8.96. The first-order valence-electron chi connectivity index (χ1n) is 11.5. The summed E-state index contributed by atoms with van der Waals surface area (Å²) in [5, 5.41) is 18.4. The van der Waals surface area contributed by atoms with Crippen molar-refractivity contribution in [2.24, 2.45) is 7.05 Å². The Morgan fingerprint density at radius 3 is 2.58 bits per heavy atom. The fourth-order valence-corrected chi connectivity index (χ4v) is 5.01. The average Bonchev–Trinajstić information content (AvgIpc) is 3.61. The number of pyridine rings is 2. The number of aromatic nitrogens is 5. The van der Waals surface area contributed by atoms with Crippen LogP contribution in [0, 0.1) is 0 Å². The Morgan fingerprint density at radius 1 is 1.08 bits per heavy atom. The van der Waals surface area contributed by atoms with E-state index in [1.165, 1.54) is 4.90 Å². The Balaban J connectivity index is 1.44. The Morgan fingerprint density at radius 2 is 1.92 bits per heavy atom. The number of carbonyl (C=O) groups is 1. The van der Waals surface area contributed by atoms with E-state index in [4.69, 9.17) is 0 Å². The van der Waals surface area contributed by atoms with Gasteiger partial charge in [0, 0.05) is 44.3 Å². The maximum Gasteiger partial charge on any atom is 0.407 e. The molecule has 6 rings (SSSR count). The Kier molecular flexibility index (Phi) is 4.94. The van der Waals surface area contributed by atoms with Crippen molar-refractivity contribution in [2.45, 2.75) is 12.5 Å². The summed E-state index contributed by atoms with van der Waals surface area (Å²) in [5.41, 5.74) is 5.69. The van der Waals surface area contributed by atoms with Crippen LogP contribution in [0.25, 0.3) is 33.4 Å². The number of fused-ring (bicyclic) bond motifs is 3. The molecule has 2 aliphatic rings. The summed E-state index contributed by atoms with van der Waals surface area (Å²) in [5.74, 6) is 2.43. The monoisotopic (exact) mass is 482 g/mol. The van der Waals surface area contributed by atoms with Crippen LogP contribution in [0.1, 0.15) is 6.42 Å². The van der Waals surface area contributed by atoms with Crippen molar-refractivity contribution in [1.82, 2.24) is 29.9 Å². The quantitative estimate of drug-likeness (QED) is 0.439. The fourth-order valence-electron chi connectivity index (χ4n) is 5.01. The number of carbonyl (C=O) groups excluding carboxylic acids is 1. The minimum absolute atomic E-state index is 0.177. The van der Waals surface area contributed by atoms with Gasteiger partial charge in [0.05, 0.1) is 41.0 Å². The molecule has 1 amide bonds. The van der Waals surface area contributed by atoms with Crippen LogP contribution in [0.3, 0.4) is 0 Å². The molecule has 1 fully saturated rings. The van der Waals surface area contributed by atoms with Crippen LogP contribution >= 0.6 is 0 Å². The van der Waals surface area contributed by atoms with Gasteiger partial charge in [-0.1, -0.05) is 17.3 Å². The molecule has 0 bridgehead atoms. The lowest BCUT2D eigenvalue weighted by Crippen LogP contribution is -2.39. The van der Waals surface area contributed by atoms with Gasteiger partial charge >= 0.3 is 6.09 Å². The minimum atomic E-state index is -0.957. The number of hydrogen-bond donors (Lipinski definition) is 1. The number of rotatable bonds is 3. The van der Waals surface area contributed by atoms with Crippen LogP contribution in [0.4, 0.5) is 16.2 Å². The molecule has 3 aromatic heterocycles.